The van der Waals surface area contributed by atoms with Gasteiger partial charge in [0.2, 0.25) is 0 Å². The van der Waals surface area contributed by atoms with Crippen LogP contribution in [0.25, 0.3) is 0 Å². The van der Waals surface area contributed by atoms with Gasteiger partial charge in [-0.15, -0.1) is 11.3 Å². The highest BCUT2D eigenvalue weighted by atomic mass is 35.5. The Hall–Kier alpha value is -3.17. The lowest BCUT2D eigenvalue weighted by atomic mass is 9.97. The molecule has 1 saturated heterocycles. The van der Waals surface area contributed by atoms with Crippen molar-refractivity contribution in [1.29, 1.82) is 0 Å². The van der Waals surface area contributed by atoms with Gasteiger partial charge in [-0.05, 0) is 50.5 Å². The van der Waals surface area contributed by atoms with Gasteiger partial charge in [0.15, 0.2) is 0 Å². The molecular weight excluding hydrogens is 524 g/mol. The molecule has 0 saturated carbocycles. The van der Waals surface area contributed by atoms with Crippen LogP contribution in [0.3, 0.4) is 0 Å². The first-order valence-corrected chi connectivity index (χ1v) is 14.2. The number of nitrogens with zero attached hydrogens (tertiary/aromatic N) is 4. The predicted molar refractivity (Wildman–Crippen MR) is 147 cm³/mol. The van der Waals surface area contributed by atoms with Gasteiger partial charge >= 0.3 is 5.97 Å². The number of amides is 2. The van der Waals surface area contributed by atoms with Crippen molar-refractivity contribution in [2.24, 2.45) is 5.92 Å². The van der Waals surface area contributed by atoms with Crippen molar-refractivity contribution in [2.75, 3.05) is 26.2 Å². The summed E-state index contributed by atoms with van der Waals surface area (Å²) in [6.07, 6.45) is 4.00. The number of halogens is 1. The summed E-state index contributed by atoms with van der Waals surface area (Å²) in [6.45, 7) is 6.80. The van der Waals surface area contributed by atoms with E-state index in [2.05, 4.69) is 9.55 Å². The number of piperidine rings is 1. The van der Waals surface area contributed by atoms with E-state index in [1.807, 2.05) is 42.3 Å². The molecule has 1 aliphatic heterocycles. The van der Waals surface area contributed by atoms with Crippen LogP contribution in [0.1, 0.15) is 64.7 Å². The average Bonchev–Trinajstić information content (AvgIpc) is 3.58. The minimum atomic E-state index is -0.177. The zero-order chi connectivity index (χ0) is 27.1. The molecule has 0 atom stereocenters. The second-order valence-corrected chi connectivity index (χ2v) is 10.6. The van der Waals surface area contributed by atoms with Gasteiger partial charge in [0.1, 0.15) is 10.7 Å². The summed E-state index contributed by atoms with van der Waals surface area (Å²) in [7, 11) is 0. The van der Waals surface area contributed by atoms with Crippen LogP contribution >= 0.6 is 22.9 Å². The molecule has 8 nitrogen and oxygen atoms in total. The van der Waals surface area contributed by atoms with E-state index in [0.717, 1.165) is 17.1 Å². The summed E-state index contributed by atoms with van der Waals surface area (Å²) in [5.41, 5.74) is 1.90. The molecule has 2 amide bonds. The summed E-state index contributed by atoms with van der Waals surface area (Å²) in [4.78, 5) is 46.4. The molecule has 0 radical (unpaired) electrons. The molecule has 0 bridgehead atoms. The molecular formula is C28H33ClN4O4S. The van der Waals surface area contributed by atoms with E-state index in [9.17, 15) is 14.4 Å². The molecule has 0 spiro atoms. The Bertz CT molecular complexity index is 1270. The molecule has 0 unspecified atom stereocenters. The maximum atomic E-state index is 13.2. The van der Waals surface area contributed by atoms with E-state index in [4.69, 9.17) is 16.3 Å². The van der Waals surface area contributed by atoms with Crippen molar-refractivity contribution < 1.29 is 19.1 Å². The van der Waals surface area contributed by atoms with Crippen molar-refractivity contribution >= 4 is 40.7 Å². The molecule has 0 N–H and O–H groups in total. The van der Waals surface area contributed by atoms with Crippen molar-refractivity contribution in [1.82, 2.24) is 19.4 Å². The number of thiazole rings is 1. The number of esters is 1. The molecule has 2 aromatic heterocycles. The normalized spacial score (nSPS) is 13.9. The van der Waals surface area contributed by atoms with E-state index in [-0.39, 0.29) is 23.7 Å². The van der Waals surface area contributed by atoms with Gasteiger partial charge in [-0.2, -0.15) is 0 Å². The highest BCUT2D eigenvalue weighted by Crippen LogP contribution is 2.23. The molecule has 4 rings (SSSR count). The van der Waals surface area contributed by atoms with Crippen LogP contribution in [0.2, 0.25) is 5.02 Å². The maximum Gasteiger partial charge on any atom is 0.309 e. The fourth-order valence-electron chi connectivity index (χ4n) is 4.64. The zero-order valence-corrected chi connectivity index (χ0v) is 23.3. The van der Waals surface area contributed by atoms with Gasteiger partial charge in [-0.1, -0.05) is 30.7 Å². The number of likely N-dealkylation sites (tertiary alicyclic amines) is 1. The Balaban J connectivity index is 1.39. The van der Waals surface area contributed by atoms with E-state index < -0.39 is 0 Å². The molecule has 1 fully saturated rings. The molecule has 1 aliphatic rings. The molecule has 1 aromatic carbocycles. The number of carbonyl (C=O) groups excluding carboxylic acids is 3. The fourth-order valence-corrected chi connectivity index (χ4v) is 5.62. The monoisotopic (exact) mass is 556 g/mol. The maximum absolute atomic E-state index is 13.2. The number of ether oxygens (including phenoxy) is 1. The second-order valence-electron chi connectivity index (χ2n) is 9.28. The molecule has 10 heteroatoms. The van der Waals surface area contributed by atoms with Gasteiger partial charge in [0.25, 0.3) is 11.8 Å². The number of benzene rings is 1. The minimum Gasteiger partial charge on any atom is -0.466 e. The van der Waals surface area contributed by atoms with Gasteiger partial charge in [-0.25, -0.2) is 4.98 Å². The number of carbonyl (C=O) groups is 3. The Morgan fingerprint density at radius 3 is 2.61 bits per heavy atom. The average molecular weight is 557 g/mol. The Morgan fingerprint density at radius 1 is 1.13 bits per heavy atom. The standard InChI is InChI=1S/C28H33ClN4O4S/c1-3-13-33(26(34)22-9-5-6-10-23(22)29)17-21-8-7-14-32(21)18-25-30-24(19-38-25)27(35)31-15-11-20(12-16-31)28(36)37-4-2/h5-10,14,19-20H,3-4,11-13,15-18H2,1-2H3. The highest BCUT2D eigenvalue weighted by Gasteiger charge is 2.29. The predicted octanol–water partition coefficient (Wildman–Crippen LogP) is 5.11. The van der Waals surface area contributed by atoms with E-state index in [1.165, 1.54) is 11.3 Å². The Labute approximate surface area is 232 Å². The van der Waals surface area contributed by atoms with Crippen LogP contribution in [0, 0.1) is 5.92 Å². The van der Waals surface area contributed by atoms with Crippen LogP contribution in [0.5, 0.6) is 0 Å². The van der Waals surface area contributed by atoms with Crippen LogP contribution in [0.15, 0.2) is 48.0 Å². The highest BCUT2D eigenvalue weighted by molar-refractivity contribution is 7.09. The van der Waals surface area contributed by atoms with Crippen molar-refractivity contribution in [3.05, 3.63) is 75.0 Å². The van der Waals surface area contributed by atoms with Crippen LogP contribution in [0.4, 0.5) is 0 Å². The van der Waals surface area contributed by atoms with Crippen molar-refractivity contribution in [3.8, 4) is 0 Å². The largest absolute Gasteiger partial charge is 0.466 e. The van der Waals surface area contributed by atoms with Gasteiger partial charge in [0, 0.05) is 36.9 Å². The SMILES string of the molecule is CCCN(Cc1cccn1Cc1nc(C(=O)N2CCC(C(=O)OCC)CC2)cs1)C(=O)c1ccccc1Cl. The smallest absolute Gasteiger partial charge is 0.309 e. The molecule has 3 aromatic rings. The number of aromatic nitrogens is 2. The molecule has 0 aliphatic carbocycles. The second kappa shape index (κ2) is 13.1. The first-order valence-electron chi connectivity index (χ1n) is 13.0. The van der Waals surface area contributed by atoms with Crippen LogP contribution in [-0.2, 0) is 22.6 Å². The lowest BCUT2D eigenvalue weighted by Crippen LogP contribution is -2.40. The molecule has 202 valence electrons. The summed E-state index contributed by atoms with van der Waals surface area (Å²) in [5, 5.41) is 3.05. The quantitative estimate of drug-likeness (QED) is 0.324. The lowest BCUT2D eigenvalue weighted by molar-refractivity contribution is -0.149. The van der Waals surface area contributed by atoms with Crippen molar-refractivity contribution in [2.45, 2.75) is 46.2 Å². The summed E-state index contributed by atoms with van der Waals surface area (Å²) in [6, 6.07) is 11.1. The van der Waals surface area contributed by atoms with Crippen LogP contribution < -0.4 is 0 Å². The molecule has 3 heterocycles. The minimum absolute atomic E-state index is 0.0981. The number of rotatable bonds is 10. The third-order valence-corrected chi connectivity index (χ3v) is 7.80. The Kier molecular flexibility index (Phi) is 9.58. The van der Waals surface area contributed by atoms with Crippen LogP contribution in [-0.4, -0.2) is 63.4 Å². The fraction of sp³-hybridized carbons (Fsp3) is 0.429. The third kappa shape index (κ3) is 6.63. The first-order chi connectivity index (χ1) is 18.4. The summed E-state index contributed by atoms with van der Waals surface area (Å²) >= 11 is 7.73. The zero-order valence-electron chi connectivity index (χ0n) is 21.8. The van der Waals surface area contributed by atoms with Gasteiger partial charge in [-0.3, -0.25) is 14.4 Å². The van der Waals surface area contributed by atoms with Gasteiger partial charge < -0.3 is 19.1 Å². The van der Waals surface area contributed by atoms with E-state index >= 15 is 0 Å². The number of hydrogen-bond acceptors (Lipinski definition) is 6. The topological polar surface area (TPSA) is 84.7 Å². The molecule has 38 heavy (non-hydrogen) atoms. The number of hydrogen-bond donors (Lipinski definition) is 0. The Morgan fingerprint density at radius 2 is 1.89 bits per heavy atom. The lowest BCUT2D eigenvalue weighted by Gasteiger charge is -2.30. The first kappa shape index (κ1) is 27.9. The summed E-state index contributed by atoms with van der Waals surface area (Å²) in [5.74, 6) is -0.528. The third-order valence-electron chi connectivity index (χ3n) is 6.64. The van der Waals surface area contributed by atoms with Crippen molar-refractivity contribution in [3.63, 3.8) is 0 Å². The summed E-state index contributed by atoms with van der Waals surface area (Å²) < 4.78 is 7.18. The van der Waals surface area contributed by atoms with E-state index in [1.54, 1.807) is 29.3 Å². The van der Waals surface area contributed by atoms with Gasteiger partial charge in [0.05, 0.1) is 36.2 Å². The van der Waals surface area contributed by atoms with E-state index in [0.29, 0.717) is 68.5 Å².